The summed E-state index contributed by atoms with van der Waals surface area (Å²) >= 11 is 0. The van der Waals surface area contributed by atoms with E-state index in [1.807, 2.05) is 25.1 Å². The van der Waals surface area contributed by atoms with Gasteiger partial charge >= 0.3 is 5.69 Å². The van der Waals surface area contributed by atoms with Crippen LogP contribution < -0.4 is 16.6 Å². The first-order chi connectivity index (χ1) is 23.2. The van der Waals surface area contributed by atoms with Crippen molar-refractivity contribution in [3.05, 3.63) is 110 Å². The number of halogens is 1. The molecule has 0 atom stereocenters. The van der Waals surface area contributed by atoms with Crippen LogP contribution in [-0.4, -0.2) is 53.8 Å². The summed E-state index contributed by atoms with van der Waals surface area (Å²) in [5.74, 6) is -0.892. The summed E-state index contributed by atoms with van der Waals surface area (Å²) in [6, 6.07) is 18.4. The number of aryl methyl sites for hydroxylation is 2. The molecule has 248 valence electrons. The van der Waals surface area contributed by atoms with Gasteiger partial charge in [-0.15, -0.1) is 0 Å². The quantitative estimate of drug-likeness (QED) is 0.257. The molecule has 1 aliphatic heterocycles. The molecule has 1 N–H and O–H groups in total. The second kappa shape index (κ2) is 13.3. The molecular formula is C37H40FN7O3. The molecule has 0 unspecified atom stereocenters. The van der Waals surface area contributed by atoms with Gasteiger partial charge in [-0.1, -0.05) is 42.8 Å². The number of pyridine rings is 1. The highest BCUT2D eigenvalue weighted by atomic mass is 19.1. The number of benzene rings is 2. The van der Waals surface area contributed by atoms with Crippen LogP contribution in [0.15, 0.2) is 76.4 Å². The minimum absolute atomic E-state index is 0.0445. The third-order valence-electron chi connectivity index (χ3n) is 9.88. The Morgan fingerprint density at radius 3 is 2.40 bits per heavy atom. The number of aromatic nitrogens is 5. The van der Waals surface area contributed by atoms with Crippen molar-refractivity contribution in [3.63, 3.8) is 0 Å². The van der Waals surface area contributed by atoms with E-state index in [1.54, 1.807) is 23.9 Å². The minimum atomic E-state index is -0.647. The van der Waals surface area contributed by atoms with E-state index in [4.69, 9.17) is 0 Å². The summed E-state index contributed by atoms with van der Waals surface area (Å²) in [7, 11) is 1.79. The van der Waals surface area contributed by atoms with Crippen LogP contribution in [0.4, 0.5) is 4.39 Å². The molecule has 11 heteroatoms. The van der Waals surface area contributed by atoms with Crippen LogP contribution in [0.5, 0.6) is 0 Å². The summed E-state index contributed by atoms with van der Waals surface area (Å²) in [6.07, 6.45) is 7.00. The number of piperidine rings is 1. The van der Waals surface area contributed by atoms with E-state index < -0.39 is 23.1 Å². The number of likely N-dealkylation sites (tertiary alicyclic amines) is 1. The van der Waals surface area contributed by atoms with Crippen molar-refractivity contribution in [1.29, 1.82) is 0 Å². The highest BCUT2D eigenvalue weighted by molar-refractivity contribution is 5.92. The Morgan fingerprint density at radius 2 is 1.69 bits per heavy atom. The van der Waals surface area contributed by atoms with Gasteiger partial charge in [-0.3, -0.25) is 23.7 Å². The van der Waals surface area contributed by atoms with Gasteiger partial charge in [-0.2, -0.15) is 5.10 Å². The molecule has 3 aromatic heterocycles. The Morgan fingerprint density at radius 1 is 0.938 bits per heavy atom. The first-order valence-electron chi connectivity index (χ1n) is 16.8. The first kappa shape index (κ1) is 31.7. The van der Waals surface area contributed by atoms with Crippen LogP contribution in [0.1, 0.15) is 72.7 Å². The third-order valence-corrected chi connectivity index (χ3v) is 9.88. The van der Waals surface area contributed by atoms with Crippen molar-refractivity contribution in [2.24, 2.45) is 7.05 Å². The highest BCUT2D eigenvalue weighted by Gasteiger charge is 2.28. The largest absolute Gasteiger partial charge is 0.348 e. The van der Waals surface area contributed by atoms with E-state index in [1.165, 1.54) is 34.0 Å². The van der Waals surface area contributed by atoms with Gasteiger partial charge in [0.1, 0.15) is 11.5 Å². The molecule has 1 saturated carbocycles. The van der Waals surface area contributed by atoms with Crippen LogP contribution >= 0.6 is 0 Å². The zero-order chi connectivity index (χ0) is 33.4. The molecule has 2 fully saturated rings. The Hall–Kier alpha value is -4.90. The first-order valence-corrected chi connectivity index (χ1v) is 16.8. The monoisotopic (exact) mass is 649 g/mol. The molecule has 0 radical (unpaired) electrons. The zero-order valence-corrected chi connectivity index (χ0v) is 27.4. The number of amides is 1. The van der Waals surface area contributed by atoms with Gasteiger partial charge in [0.2, 0.25) is 0 Å². The van der Waals surface area contributed by atoms with Gasteiger partial charge in [0.25, 0.3) is 11.5 Å². The van der Waals surface area contributed by atoms with Crippen molar-refractivity contribution >= 4 is 16.9 Å². The highest BCUT2D eigenvalue weighted by Crippen LogP contribution is 2.29. The van der Waals surface area contributed by atoms with Crippen LogP contribution in [0.2, 0.25) is 0 Å². The molecule has 4 heterocycles. The van der Waals surface area contributed by atoms with E-state index in [0.717, 1.165) is 48.7 Å². The maximum absolute atomic E-state index is 14.5. The topological polar surface area (TPSA) is 107 Å². The normalized spacial score (nSPS) is 18.6. The number of carbonyl (C=O) groups is 1. The summed E-state index contributed by atoms with van der Waals surface area (Å²) in [5, 5.41) is 7.36. The summed E-state index contributed by atoms with van der Waals surface area (Å²) in [5.41, 5.74) is 4.00. The Kier molecular flexibility index (Phi) is 8.79. The van der Waals surface area contributed by atoms with Gasteiger partial charge in [0.15, 0.2) is 5.65 Å². The average Bonchev–Trinajstić information content (AvgIpc) is 3.44. The SMILES string of the molecule is Cc1cc(C(=O)N[C@H]2CC[C@@H](n3c(=O)c4cc(F)cnc4n(-c4cccc(-c5ccc(CN6CCCCC6)cc5)c4)c3=O)CC2)nn1C. The fraction of sp³-hybridized carbons (Fsp3) is 0.378. The molecule has 1 amide bonds. The summed E-state index contributed by atoms with van der Waals surface area (Å²) in [6.45, 7) is 5.09. The number of nitrogens with one attached hydrogen (secondary N) is 1. The molecule has 2 aliphatic rings. The van der Waals surface area contributed by atoms with Crippen molar-refractivity contribution in [2.75, 3.05) is 13.1 Å². The van der Waals surface area contributed by atoms with E-state index >= 15 is 0 Å². The Bertz CT molecular complexity index is 2070. The lowest BCUT2D eigenvalue weighted by molar-refractivity contribution is 0.0916. The van der Waals surface area contributed by atoms with E-state index in [0.29, 0.717) is 37.1 Å². The lowest BCUT2D eigenvalue weighted by Gasteiger charge is -2.30. The lowest BCUT2D eigenvalue weighted by atomic mass is 9.90. The van der Waals surface area contributed by atoms with Crippen LogP contribution in [0.25, 0.3) is 27.8 Å². The maximum atomic E-state index is 14.5. The number of carbonyl (C=O) groups excluding carboxylic acids is 1. The van der Waals surface area contributed by atoms with Crippen molar-refractivity contribution < 1.29 is 9.18 Å². The van der Waals surface area contributed by atoms with Gasteiger partial charge in [0, 0.05) is 31.4 Å². The van der Waals surface area contributed by atoms with Gasteiger partial charge in [-0.25, -0.2) is 18.7 Å². The number of hydrogen-bond acceptors (Lipinski definition) is 6. The fourth-order valence-electron chi connectivity index (χ4n) is 7.15. The van der Waals surface area contributed by atoms with Gasteiger partial charge in [0.05, 0.1) is 17.3 Å². The van der Waals surface area contributed by atoms with Crippen molar-refractivity contribution in [3.8, 4) is 16.8 Å². The number of hydrogen-bond donors (Lipinski definition) is 1. The predicted molar refractivity (Wildman–Crippen MR) is 183 cm³/mol. The van der Waals surface area contributed by atoms with E-state index in [9.17, 15) is 18.8 Å². The smallest absolute Gasteiger partial charge is 0.337 e. The number of nitrogens with zero attached hydrogens (tertiary/aromatic N) is 6. The van der Waals surface area contributed by atoms with E-state index in [2.05, 4.69) is 44.6 Å². The molecule has 5 aromatic rings. The molecule has 2 aromatic carbocycles. The van der Waals surface area contributed by atoms with Crippen LogP contribution in [0.3, 0.4) is 0 Å². The second-order valence-corrected chi connectivity index (χ2v) is 13.2. The molecule has 10 nitrogen and oxygen atoms in total. The average molecular weight is 650 g/mol. The Labute approximate surface area is 277 Å². The number of fused-ring (bicyclic) bond motifs is 1. The van der Waals surface area contributed by atoms with Crippen LogP contribution in [0, 0.1) is 12.7 Å². The minimum Gasteiger partial charge on any atom is -0.348 e. The molecular weight excluding hydrogens is 609 g/mol. The summed E-state index contributed by atoms with van der Waals surface area (Å²) < 4.78 is 18.8. The second-order valence-electron chi connectivity index (χ2n) is 13.2. The molecule has 0 bridgehead atoms. The van der Waals surface area contributed by atoms with Crippen LogP contribution in [-0.2, 0) is 13.6 Å². The number of rotatable bonds is 7. The van der Waals surface area contributed by atoms with E-state index in [-0.39, 0.29) is 23.0 Å². The Balaban J connectivity index is 1.17. The molecule has 1 aliphatic carbocycles. The van der Waals surface area contributed by atoms with Gasteiger partial charge < -0.3 is 5.32 Å². The molecule has 1 saturated heterocycles. The molecule has 7 rings (SSSR count). The predicted octanol–water partition coefficient (Wildman–Crippen LogP) is 5.30. The maximum Gasteiger partial charge on any atom is 0.337 e. The molecule has 0 spiro atoms. The lowest BCUT2D eigenvalue weighted by Crippen LogP contribution is -2.45. The van der Waals surface area contributed by atoms with Gasteiger partial charge in [-0.05, 0) is 99.5 Å². The fourth-order valence-corrected chi connectivity index (χ4v) is 7.15. The van der Waals surface area contributed by atoms with Crippen molar-refractivity contribution in [2.45, 2.75) is 70.5 Å². The summed E-state index contributed by atoms with van der Waals surface area (Å²) in [4.78, 5) is 47.6. The zero-order valence-electron chi connectivity index (χ0n) is 27.4. The molecule has 48 heavy (non-hydrogen) atoms. The third kappa shape index (κ3) is 6.34. The standard InChI is InChI=1S/C37H40FN7O3/c1-24-19-33(41-42(24)2)35(46)40-29-13-15-30(16-14-29)45-36(47)32-21-28(38)22-39-34(32)44(37(45)48)31-8-6-7-27(20-31)26-11-9-25(10-12-26)23-43-17-4-3-5-18-43/h6-12,19-22,29-30H,3-5,13-18,23H2,1-2H3,(H,40,46)/t29-,30+. The van der Waals surface area contributed by atoms with Crippen molar-refractivity contribution in [1.82, 2.24) is 34.1 Å².